The van der Waals surface area contributed by atoms with Gasteiger partial charge in [0, 0.05) is 32.7 Å². The molecular formula is C21H29IN6S. The molecule has 2 N–H and O–H groups in total. The number of thiophene rings is 1. The molecular weight excluding hydrogens is 495 g/mol. The van der Waals surface area contributed by atoms with E-state index in [0.717, 1.165) is 55.3 Å². The first-order valence-corrected chi connectivity index (χ1v) is 10.9. The lowest BCUT2D eigenvalue weighted by Crippen LogP contribution is -2.48. The molecule has 1 saturated heterocycles. The summed E-state index contributed by atoms with van der Waals surface area (Å²) in [6.45, 7) is 5.69. The molecule has 0 atom stereocenters. The number of halogens is 1. The fraction of sp³-hybridized carbons (Fsp3) is 0.429. The van der Waals surface area contributed by atoms with E-state index >= 15 is 0 Å². The summed E-state index contributed by atoms with van der Waals surface area (Å²) in [5.74, 6) is 1.86. The van der Waals surface area contributed by atoms with Crippen LogP contribution in [-0.2, 0) is 13.6 Å². The zero-order valence-corrected chi connectivity index (χ0v) is 20.1. The number of imidazole rings is 1. The Morgan fingerprint density at radius 1 is 1.21 bits per heavy atom. The second-order valence-corrected chi connectivity index (χ2v) is 8.05. The maximum absolute atomic E-state index is 4.80. The monoisotopic (exact) mass is 524 g/mol. The summed E-state index contributed by atoms with van der Waals surface area (Å²) in [6, 6.07) is 13.0. The molecule has 0 bridgehead atoms. The molecule has 2 aromatic heterocycles. The zero-order valence-electron chi connectivity index (χ0n) is 17.0. The predicted octanol–water partition coefficient (Wildman–Crippen LogP) is 3.98. The minimum Gasteiger partial charge on any atom is -0.363 e. The van der Waals surface area contributed by atoms with Gasteiger partial charge < -0.3 is 20.1 Å². The zero-order chi connectivity index (χ0) is 19.3. The average molecular weight is 524 g/mol. The van der Waals surface area contributed by atoms with E-state index in [9.17, 15) is 0 Å². The van der Waals surface area contributed by atoms with Crippen LogP contribution in [0.1, 0.15) is 25.6 Å². The molecule has 1 aliphatic heterocycles. The van der Waals surface area contributed by atoms with Crippen molar-refractivity contribution in [2.75, 3.05) is 24.5 Å². The SMILES string of the molecule is CCNC(=NCc1nc2ccccc2n1C)NC1CCN(c2cccs2)CC1.I. The number of guanidine groups is 1. The van der Waals surface area contributed by atoms with Crippen molar-refractivity contribution in [1.29, 1.82) is 0 Å². The Labute approximate surface area is 193 Å². The number of para-hydroxylation sites is 2. The molecule has 3 aromatic rings. The van der Waals surface area contributed by atoms with Crippen LogP contribution in [0.25, 0.3) is 11.0 Å². The number of aryl methyl sites for hydroxylation is 1. The van der Waals surface area contributed by atoms with Gasteiger partial charge in [-0.25, -0.2) is 9.98 Å². The third-order valence-corrected chi connectivity index (χ3v) is 6.19. The molecule has 0 spiro atoms. The van der Waals surface area contributed by atoms with Gasteiger partial charge in [-0.05, 0) is 49.4 Å². The highest BCUT2D eigenvalue weighted by molar-refractivity contribution is 14.0. The summed E-state index contributed by atoms with van der Waals surface area (Å²) in [4.78, 5) is 12.0. The van der Waals surface area contributed by atoms with Crippen LogP contribution >= 0.6 is 35.3 Å². The number of aliphatic imine (C=N–C) groups is 1. The highest BCUT2D eigenvalue weighted by Gasteiger charge is 2.20. The fourth-order valence-electron chi connectivity index (χ4n) is 3.69. The minimum atomic E-state index is 0. The Kier molecular flexibility index (Phi) is 7.77. The van der Waals surface area contributed by atoms with E-state index in [1.54, 1.807) is 0 Å². The quantitative estimate of drug-likeness (QED) is 0.301. The van der Waals surface area contributed by atoms with Gasteiger partial charge in [0.05, 0.1) is 16.0 Å². The average Bonchev–Trinajstić information content (AvgIpc) is 3.36. The Balaban J connectivity index is 0.00000240. The number of fused-ring (bicyclic) bond motifs is 1. The Hall–Kier alpha value is -1.81. The molecule has 0 amide bonds. The maximum atomic E-state index is 4.80. The number of hydrogen-bond acceptors (Lipinski definition) is 4. The molecule has 156 valence electrons. The Bertz CT molecular complexity index is 928. The van der Waals surface area contributed by atoms with Crippen LogP contribution < -0.4 is 15.5 Å². The number of rotatable bonds is 5. The number of piperidine rings is 1. The lowest BCUT2D eigenvalue weighted by molar-refractivity contribution is 0.462. The van der Waals surface area contributed by atoms with E-state index in [-0.39, 0.29) is 24.0 Å². The summed E-state index contributed by atoms with van der Waals surface area (Å²) in [5, 5.41) is 10.5. The van der Waals surface area contributed by atoms with Gasteiger partial charge in [-0.2, -0.15) is 0 Å². The van der Waals surface area contributed by atoms with Crippen LogP contribution in [0.2, 0.25) is 0 Å². The normalized spacial score (nSPS) is 15.4. The molecule has 4 rings (SSSR count). The largest absolute Gasteiger partial charge is 0.363 e. The number of nitrogens with one attached hydrogen (secondary N) is 2. The van der Waals surface area contributed by atoms with Crippen molar-refractivity contribution < 1.29 is 0 Å². The standard InChI is InChI=1S/C21H28N6S.HI/c1-3-22-21(23-15-19-25-17-7-4-5-8-18(17)26(19)2)24-16-10-12-27(13-11-16)20-9-6-14-28-20;/h4-9,14,16H,3,10-13,15H2,1-2H3,(H2,22,23,24);1H. The van der Waals surface area contributed by atoms with Crippen LogP contribution in [-0.4, -0.2) is 41.2 Å². The molecule has 1 aromatic carbocycles. The molecule has 0 saturated carbocycles. The Morgan fingerprint density at radius 3 is 2.69 bits per heavy atom. The fourth-order valence-corrected chi connectivity index (χ4v) is 4.48. The molecule has 29 heavy (non-hydrogen) atoms. The summed E-state index contributed by atoms with van der Waals surface area (Å²) >= 11 is 1.82. The van der Waals surface area contributed by atoms with Gasteiger partial charge in [0.1, 0.15) is 12.4 Å². The van der Waals surface area contributed by atoms with Crippen molar-refractivity contribution in [2.24, 2.45) is 12.0 Å². The summed E-state index contributed by atoms with van der Waals surface area (Å²) < 4.78 is 2.13. The lowest BCUT2D eigenvalue weighted by atomic mass is 10.1. The van der Waals surface area contributed by atoms with E-state index < -0.39 is 0 Å². The summed E-state index contributed by atoms with van der Waals surface area (Å²) in [5.41, 5.74) is 2.17. The molecule has 0 unspecified atom stereocenters. The van der Waals surface area contributed by atoms with Crippen LogP contribution in [0.3, 0.4) is 0 Å². The number of anilines is 1. The number of nitrogens with zero attached hydrogens (tertiary/aromatic N) is 4. The van der Waals surface area contributed by atoms with Crippen molar-refractivity contribution in [3.05, 3.63) is 47.6 Å². The third-order valence-electron chi connectivity index (χ3n) is 5.26. The molecule has 0 aliphatic carbocycles. The van der Waals surface area contributed by atoms with Gasteiger partial charge in [0.25, 0.3) is 0 Å². The van der Waals surface area contributed by atoms with Gasteiger partial charge >= 0.3 is 0 Å². The summed E-state index contributed by atoms with van der Waals surface area (Å²) in [6.07, 6.45) is 2.24. The molecule has 8 heteroatoms. The lowest BCUT2D eigenvalue weighted by Gasteiger charge is -2.33. The van der Waals surface area contributed by atoms with E-state index in [1.165, 1.54) is 5.00 Å². The molecule has 0 radical (unpaired) electrons. The third kappa shape index (κ3) is 5.22. The van der Waals surface area contributed by atoms with E-state index in [4.69, 9.17) is 9.98 Å². The van der Waals surface area contributed by atoms with E-state index in [0.29, 0.717) is 12.6 Å². The van der Waals surface area contributed by atoms with Crippen LogP contribution in [0.15, 0.2) is 46.8 Å². The van der Waals surface area contributed by atoms with Gasteiger partial charge in [-0.1, -0.05) is 12.1 Å². The van der Waals surface area contributed by atoms with Crippen molar-refractivity contribution in [2.45, 2.75) is 32.4 Å². The van der Waals surface area contributed by atoms with Crippen molar-refractivity contribution in [3.8, 4) is 0 Å². The van der Waals surface area contributed by atoms with Crippen molar-refractivity contribution >= 4 is 57.3 Å². The molecule has 1 fully saturated rings. The second kappa shape index (κ2) is 10.3. The predicted molar refractivity (Wildman–Crippen MR) is 134 cm³/mol. The van der Waals surface area contributed by atoms with Gasteiger partial charge in [0.15, 0.2) is 5.96 Å². The van der Waals surface area contributed by atoms with E-state index in [2.05, 4.69) is 57.7 Å². The second-order valence-electron chi connectivity index (χ2n) is 7.13. The Morgan fingerprint density at radius 2 is 2.00 bits per heavy atom. The first-order valence-electron chi connectivity index (χ1n) is 9.98. The van der Waals surface area contributed by atoms with Crippen LogP contribution in [0, 0.1) is 0 Å². The minimum absolute atomic E-state index is 0. The molecule has 1 aliphatic rings. The number of hydrogen-bond donors (Lipinski definition) is 2. The number of benzene rings is 1. The molecule has 6 nitrogen and oxygen atoms in total. The van der Waals surface area contributed by atoms with E-state index in [1.807, 2.05) is 29.5 Å². The van der Waals surface area contributed by atoms with Gasteiger partial charge in [0.2, 0.25) is 0 Å². The van der Waals surface area contributed by atoms with Crippen LogP contribution in [0.5, 0.6) is 0 Å². The van der Waals surface area contributed by atoms with Crippen molar-refractivity contribution in [3.63, 3.8) is 0 Å². The first-order chi connectivity index (χ1) is 13.7. The summed E-state index contributed by atoms with van der Waals surface area (Å²) in [7, 11) is 2.06. The first kappa shape index (κ1) is 21.9. The van der Waals surface area contributed by atoms with Gasteiger partial charge in [-0.3, -0.25) is 0 Å². The smallest absolute Gasteiger partial charge is 0.191 e. The van der Waals surface area contributed by atoms with Crippen molar-refractivity contribution in [1.82, 2.24) is 20.2 Å². The molecule has 3 heterocycles. The highest BCUT2D eigenvalue weighted by Crippen LogP contribution is 2.24. The maximum Gasteiger partial charge on any atom is 0.191 e. The topological polar surface area (TPSA) is 57.5 Å². The van der Waals surface area contributed by atoms with Crippen LogP contribution in [0.4, 0.5) is 5.00 Å². The van der Waals surface area contributed by atoms with Gasteiger partial charge in [-0.15, -0.1) is 35.3 Å². The highest BCUT2D eigenvalue weighted by atomic mass is 127. The number of aromatic nitrogens is 2.